The number of carbonyl (C=O) groups is 1. The van der Waals surface area contributed by atoms with Crippen LogP contribution in [0.25, 0.3) is 0 Å². The summed E-state index contributed by atoms with van der Waals surface area (Å²) in [6.07, 6.45) is 6.19. The number of benzene rings is 2. The van der Waals surface area contributed by atoms with E-state index < -0.39 is 0 Å². The van der Waals surface area contributed by atoms with Crippen LogP contribution in [0, 0.1) is 12.7 Å². The Morgan fingerprint density at radius 2 is 1.65 bits per heavy atom. The Morgan fingerprint density at radius 3 is 2.35 bits per heavy atom. The molecular weight excluding hydrogens is 447 g/mol. The average molecular weight is 483 g/mol. The molecule has 1 aliphatic heterocycles. The van der Waals surface area contributed by atoms with E-state index in [2.05, 4.69) is 51.6 Å². The third-order valence-electron chi connectivity index (χ3n) is 7.16. The van der Waals surface area contributed by atoms with Crippen LogP contribution in [0.1, 0.15) is 48.8 Å². The molecule has 1 amide bonds. The van der Waals surface area contributed by atoms with E-state index in [1.807, 2.05) is 0 Å². The molecule has 5 nitrogen and oxygen atoms in total. The average Bonchev–Trinajstić information content (AvgIpc) is 2.85. The van der Waals surface area contributed by atoms with E-state index in [1.165, 1.54) is 55.4 Å². The Balaban J connectivity index is 1.30. The summed E-state index contributed by atoms with van der Waals surface area (Å²) in [4.78, 5) is 17.2. The molecule has 1 saturated carbocycles. The Bertz CT molecular complexity index is 973. The van der Waals surface area contributed by atoms with E-state index in [0.717, 1.165) is 31.7 Å². The summed E-state index contributed by atoms with van der Waals surface area (Å²) in [5.74, 6) is -0.408. The van der Waals surface area contributed by atoms with Crippen molar-refractivity contribution < 1.29 is 9.18 Å². The van der Waals surface area contributed by atoms with Crippen LogP contribution in [0.5, 0.6) is 0 Å². The lowest BCUT2D eigenvalue weighted by Crippen LogP contribution is -2.64. The van der Waals surface area contributed by atoms with Crippen LogP contribution < -0.4 is 10.6 Å². The minimum absolute atomic E-state index is 0.128. The number of nitrogens with one attached hydrogen (secondary N) is 2. The van der Waals surface area contributed by atoms with Gasteiger partial charge in [-0.25, -0.2) is 4.39 Å². The first kappa shape index (κ1) is 24.6. The van der Waals surface area contributed by atoms with Gasteiger partial charge in [-0.2, -0.15) is 0 Å². The summed E-state index contributed by atoms with van der Waals surface area (Å²) in [5, 5.41) is 6.67. The SMILES string of the molecule is Cc1ccc(CN2CCN(C(=S)NCC(=O)NCc3ccc(F)cc3)CC23CCCCC3)cc1. The number of aryl methyl sites for hydroxylation is 1. The lowest BCUT2D eigenvalue weighted by Gasteiger charge is -2.53. The predicted molar refractivity (Wildman–Crippen MR) is 138 cm³/mol. The number of carbonyl (C=O) groups excluding carboxylic acids is 1. The number of hydrogen-bond donors (Lipinski definition) is 2. The number of piperazine rings is 1. The minimum atomic E-state index is -0.281. The van der Waals surface area contributed by atoms with Crippen molar-refractivity contribution in [1.82, 2.24) is 20.4 Å². The van der Waals surface area contributed by atoms with E-state index in [1.54, 1.807) is 12.1 Å². The lowest BCUT2D eigenvalue weighted by molar-refractivity contribution is -0.120. The Morgan fingerprint density at radius 1 is 0.971 bits per heavy atom. The van der Waals surface area contributed by atoms with Crippen molar-refractivity contribution in [3.05, 3.63) is 71.0 Å². The molecule has 34 heavy (non-hydrogen) atoms. The van der Waals surface area contributed by atoms with Crippen molar-refractivity contribution in [1.29, 1.82) is 0 Å². The highest BCUT2D eigenvalue weighted by atomic mass is 32.1. The minimum Gasteiger partial charge on any atom is -0.353 e. The topological polar surface area (TPSA) is 47.6 Å². The van der Waals surface area contributed by atoms with Crippen LogP contribution in [-0.2, 0) is 17.9 Å². The molecular formula is C27H35FN4OS. The van der Waals surface area contributed by atoms with E-state index in [-0.39, 0.29) is 23.8 Å². The van der Waals surface area contributed by atoms with Crippen molar-refractivity contribution in [2.75, 3.05) is 26.2 Å². The fraction of sp³-hybridized carbons (Fsp3) is 0.481. The first-order chi connectivity index (χ1) is 16.4. The Kier molecular flexibility index (Phi) is 8.16. The van der Waals surface area contributed by atoms with Gasteiger partial charge in [0, 0.05) is 38.3 Å². The lowest BCUT2D eigenvalue weighted by atomic mass is 9.78. The van der Waals surface area contributed by atoms with Gasteiger partial charge in [-0.3, -0.25) is 9.69 Å². The highest BCUT2D eigenvalue weighted by Crippen LogP contribution is 2.37. The zero-order valence-electron chi connectivity index (χ0n) is 20.0. The first-order valence-electron chi connectivity index (χ1n) is 12.3. The van der Waals surface area contributed by atoms with Crippen molar-refractivity contribution in [2.24, 2.45) is 0 Å². The van der Waals surface area contributed by atoms with Crippen LogP contribution in [0.15, 0.2) is 48.5 Å². The smallest absolute Gasteiger partial charge is 0.239 e. The summed E-state index contributed by atoms with van der Waals surface area (Å²) in [5.41, 5.74) is 3.65. The second-order valence-corrected chi connectivity index (χ2v) is 10.1. The van der Waals surface area contributed by atoms with Gasteiger partial charge in [0.25, 0.3) is 0 Å². The zero-order chi connectivity index (χ0) is 24.0. The molecule has 0 atom stereocenters. The first-order valence-corrected chi connectivity index (χ1v) is 12.7. The van der Waals surface area contributed by atoms with Gasteiger partial charge in [0.15, 0.2) is 5.11 Å². The number of nitrogens with zero attached hydrogens (tertiary/aromatic N) is 2. The summed E-state index contributed by atoms with van der Waals surface area (Å²) in [7, 11) is 0. The van der Waals surface area contributed by atoms with E-state index in [9.17, 15) is 9.18 Å². The molecule has 1 spiro atoms. The molecule has 2 aromatic rings. The second-order valence-electron chi connectivity index (χ2n) is 9.68. The van der Waals surface area contributed by atoms with Crippen LogP contribution in [-0.4, -0.2) is 52.5 Å². The molecule has 1 saturated heterocycles. The fourth-order valence-corrected chi connectivity index (χ4v) is 5.39. The molecule has 182 valence electrons. The summed E-state index contributed by atoms with van der Waals surface area (Å²) >= 11 is 5.69. The van der Waals surface area contributed by atoms with Crippen LogP contribution in [0.3, 0.4) is 0 Å². The van der Waals surface area contributed by atoms with Gasteiger partial charge >= 0.3 is 0 Å². The van der Waals surface area contributed by atoms with Crippen molar-refractivity contribution in [2.45, 2.75) is 57.7 Å². The molecule has 2 aromatic carbocycles. The van der Waals surface area contributed by atoms with Gasteiger partial charge in [0.05, 0.1) is 6.54 Å². The normalized spacial score (nSPS) is 18.0. The Hall–Kier alpha value is -2.51. The zero-order valence-corrected chi connectivity index (χ0v) is 20.8. The van der Waals surface area contributed by atoms with Gasteiger partial charge < -0.3 is 15.5 Å². The van der Waals surface area contributed by atoms with Crippen LogP contribution >= 0.6 is 12.2 Å². The van der Waals surface area contributed by atoms with Gasteiger partial charge in [-0.05, 0) is 55.2 Å². The van der Waals surface area contributed by atoms with Gasteiger partial charge in [0.2, 0.25) is 5.91 Å². The number of amides is 1. The standard InChI is InChI=1S/C27H35FN4OS/c1-21-5-7-23(8-6-21)19-32-16-15-31(20-27(32)13-3-2-4-14-27)26(34)30-18-25(33)29-17-22-9-11-24(28)12-10-22/h5-12H,2-4,13-20H2,1H3,(H,29,33)(H,30,34). The number of rotatable bonds is 6. The number of thiocarbonyl (C=S) groups is 1. The maximum Gasteiger partial charge on any atom is 0.239 e. The van der Waals surface area contributed by atoms with E-state index in [4.69, 9.17) is 12.2 Å². The number of halogens is 1. The van der Waals surface area contributed by atoms with E-state index in [0.29, 0.717) is 11.7 Å². The summed E-state index contributed by atoms with van der Waals surface area (Å²) < 4.78 is 13.0. The Labute approximate surface area is 207 Å². The molecule has 1 heterocycles. The highest BCUT2D eigenvalue weighted by molar-refractivity contribution is 7.80. The monoisotopic (exact) mass is 482 g/mol. The molecule has 2 fully saturated rings. The third kappa shape index (κ3) is 6.33. The molecule has 2 aliphatic rings. The fourth-order valence-electron chi connectivity index (χ4n) is 5.16. The van der Waals surface area contributed by atoms with Gasteiger partial charge in [0.1, 0.15) is 5.82 Å². The highest BCUT2D eigenvalue weighted by Gasteiger charge is 2.42. The molecule has 4 rings (SSSR count). The molecule has 2 N–H and O–H groups in total. The van der Waals surface area contributed by atoms with Crippen molar-refractivity contribution in [3.63, 3.8) is 0 Å². The van der Waals surface area contributed by atoms with Gasteiger partial charge in [-0.15, -0.1) is 0 Å². The number of hydrogen-bond acceptors (Lipinski definition) is 3. The summed E-state index contributed by atoms with van der Waals surface area (Å²) in [6.45, 7) is 6.33. The molecule has 7 heteroatoms. The maximum atomic E-state index is 13.0. The molecule has 0 radical (unpaired) electrons. The van der Waals surface area contributed by atoms with E-state index >= 15 is 0 Å². The predicted octanol–water partition coefficient (Wildman–Crippen LogP) is 4.15. The summed E-state index contributed by atoms with van der Waals surface area (Å²) in [6, 6.07) is 15.0. The van der Waals surface area contributed by atoms with Crippen molar-refractivity contribution >= 4 is 23.2 Å². The van der Waals surface area contributed by atoms with Gasteiger partial charge in [-0.1, -0.05) is 61.2 Å². The molecule has 1 aliphatic carbocycles. The molecule has 0 aromatic heterocycles. The van der Waals surface area contributed by atoms with Crippen LogP contribution in [0.4, 0.5) is 4.39 Å². The molecule has 0 unspecified atom stereocenters. The molecule has 0 bridgehead atoms. The largest absolute Gasteiger partial charge is 0.353 e. The van der Waals surface area contributed by atoms with Crippen molar-refractivity contribution in [3.8, 4) is 0 Å². The third-order valence-corrected chi connectivity index (χ3v) is 7.57. The maximum absolute atomic E-state index is 13.0. The quantitative estimate of drug-likeness (QED) is 0.606. The van der Waals surface area contributed by atoms with Crippen LogP contribution in [0.2, 0.25) is 0 Å². The second kappa shape index (κ2) is 11.3.